The highest BCUT2D eigenvalue weighted by Crippen LogP contribution is 2.19. The summed E-state index contributed by atoms with van der Waals surface area (Å²) < 4.78 is 5.35. The molecule has 0 amide bonds. The van der Waals surface area contributed by atoms with Crippen molar-refractivity contribution in [1.29, 1.82) is 0 Å². The molecule has 0 aromatic heterocycles. The van der Waals surface area contributed by atoms with Crippen LogP contribution in [0, 0.1) is 16.0 Å². The Kier molecular flexibility index (Phi) is 17.9. The van der Waals surface area contributed by atoms with E-state index in [1.54, 1.807) is 0 Å². The molecule has 184 valence electrons. The van der Waals surface area contributed by atoms with Crippen molar-refractivity contribution in [3.05, 3.63) is 39.9 Å². The molecule has 0 radical (unpaired) electrons. The maximum atomic E-state index is 12.1. The Morgan fingerprint density at radius 1 is 1.00 bits per heavy atom. The highest BCUT2D eigenvalue weighted by Gasteiger charge is 2.14. The second kappa shape index (κ2) is 18.9. The van der Waals surface area contributed by atoms with Gasteiger partial charge in [-0.15, -0.1) is 12.4 Å². The average Bonchev–Trinajstić information content (AvgIpc) is 2.76. The van der Waals surface area contributed by atoms with Gasteiger partial charge in [0.25, 0.3) is 5.69 Å². The number of carbonyl (C=O) groups excluding carboxylic acids is 1. The zero-order valence-corrected chi connectivity index (χ0v) is 21.0. The molecule has 1 aromatic rings. The van der Waals surface area contributed by atoms with E-state index in [0.29, 0.717) is 30.7 Å². The predicted octanol–water partition coefficient (Wildman–Crippen LogP) is 7.10. The summed E-state index contributed by atoms with van der Waals surface area (Å²) in [6, 6.07) is 5.97. The van der Waals surface area contributed by atoms with Gasteiger partial charge in [0.15, 0.2) is 0 Å². The third kappa shape index (κ3) is 13.7. The summed E-state index contributed by atoms with van der Waals surface area (Å²) in [5, 5.41) is 14.3. The number of nitro groups is 1. The lowest BCUT2D eigenvalue weighted by Gasteiger charge is -2.22. The molecule has 0 heterocycles. The van der Waals surface area contributed by atoms with Gasteiger partial charge in [0, 0.05) is 24.7 Å². The lowest BCUT2D eigenvalue weighted by Crippen LogP contribution is -2.34. The van der Waals surface area contributed by atoms with Gasteiger partial charge in [-0.25, -0.2) is 4.79 Å². The Balaban J connectivity index is 0.00000961. The van der Waals surface area contributed by atoms with E-state index >= 15 is 0 Å². The van der Waals surface area contributed by atoms with Gasteiger partial charge in [0.05, 0.1) is 10.5 Å². The van der Waals surface area contributed by atoms with Gasteiger partial charge in [-0.3, -0.25) is 10.1 Å². The predicted molar refractivity (Wildman–Crippen MR) is 134 cm³/mol. The summed E-state index contributed by atoms with van der Waals surface area (Å²) in [7, 11) is 0. The summed E-state index contributed by atoms with van der Waals surface area (Å²) in [6.07, 6.45) is 13.9. The molecule has 1 N–H and O–H groups in total. The number of non-ortho nitro benzene ring substituents is 1. The first-order chi connectivity index (χ1) is 15.0. The number of rotatable bonds is 18. The molecule has 0 spiro atoms. The fourth-order valence-electron chi connectivity index (χ4n) is 3.85. The minimum absolute atomic E-state index is 0. The topological polar surface area (TPSA) is 81.5 Å². The van der Waals surface area contributed by atoms with Crippen molar-refractivity contribution < 1.29 is 14.5 Å². The van der Waals surface area contributed by atoms with Crippen molar-refractivity contribution in [3.63, 3.8) is 0 Å². The molecule has 0 aliphatic carbocycles. The average molecular weight is 471 g/mol. The molecule has 1 aromatic carbocycles. The molecule has 2 atom stereocenters. The number of nitrogens with zero attached hydrogens (tertiary/aromatic N) is 1. The van der Waals surface area contributed by atoms with Crippen LogP contribution in [-0.4, -0.2) is 30.1 Å². The van der Waals surface area contributed by atoms with E-state index < -0.39 is 10.9 Å². The molecule has 2 unspecified atom stereocenters. The molecule has 0 saturated heterocycles. The van der Waals surface area contributed by atoms with E-state index in [4.69, 9.17) is 4.74 Å². The molecular formula is C25H43ClN2O4. The first-order valence-electron chi connectivity index (χ1n) is 12.1. The van der Waals surface area contributed by atoms with Gasteiger partial charge < -0.3 is 10.1 Å². The largest absolute Gasteiger partial charge is 0.461 e. The Hall–Kier alpha value is -1.66. The molecule has 32 heavy (non-hydrogen) atoms. The fourth-order valence-corrected chi connectivity index (χ4v) is 3.85. The van der Waals surface area contributed by atoms with Crippen molar-refractivity contribution >= 4 is 24.1 Å². The molecule has 0 fully saturated rings. The summed E-state index contributed by atoms with van der Waals surface area (Å²) in [4.78, 5) is 22.4. The number of nitrogens with one attached hydrogen (secondary N) is 1. The first-order valence-corrected chi connectivity index (χ1v) is 12.1. The van der Waals surface area contributed by atoms with Crippen LogP contribution < -0.4 is 5.32 Å². The highest BCUT2D eigenvalue weighted by molar-refractivity contribution is 5.89. The second-order valence-electron chi connectivity index (χ2n) is 8.63. The van der Waals surface area contributed by atoms with Crippen LogP contribution >= 0.6 is 12.4 Å². The molecule has 0 aliphatic rings. The van der Waals surface area contributed by atoms with E-state index in [1.165, 1.54) is 82.1 Å². The number of hydrogen-bond donors (Lipinski definition) is 1. The Bertz CT molecular complexity index is 625. The summed E-state index contributed by atoms with van der Waals surface area (Å²) >= 11 is 0. The maximum Gasteiger partial charge on any atom is 0.338 e. The molecule has 0 saturated carbocycles. The minimum Gasteiger partial charge on any atom is -0.461 e. The lowest BCUT2D eigenvalue weighted by atomic mass is 9.92. The maximum absolute atomic E-state index is 12.1. The number of esters is 1. The number of hydrogen-bond acceptors (Lipinski definition) is 5. The standard InChI is InChI=1S/C25H42N2O4.ClH/c1-4-6-8-10-12-21(3)20-23(13-11-9-7-5-2)26-18-19-31-25(28)22-14-16-24(17-15-22)27(29)30;/h14-17,21,23,26H,4-13,18-20H2,1-3H3;1H. The van der Waals surface area contributed by atoms with Crippen LogP contribution in [-0.2, 0) is 4.74 Å². The fraction of sp³-hybridized carbons (Fsp3) is 0.720. The third-order valence-electron chi connectivity index (χ3n) is 5.73. The zero-order valence-electron chi connectivity index (χ0n) is 20.1. The monoisotopic (exact) mass is 470 g/mol. The van der Waals surface area contributed by atoms with Gasteiger partial charge in [-0.05, 0) is 30.9 Å². The molecule has 0 bridgehead atoms. The van der Waals surface area contributed by atoms with Crippen molar-refractivity contribution in [2.45, 2.75) is 97.4 Å². The van der Waals surface area contributed by atoms with Crippen LogP contribution in [0.15, 0.2) is 24.3 Å². The Morgan fingerprint density at radius 3 is 2.16 bits per heavy atom. The number of carbonyl (C=O) groups is 1. The van der Waals surface area contributed by atoms with Gasteiger partial charge >= 0.3 is 5.97 Å². The van der Waals surface area contributed by atoms with E-state index in [0.717, 1.165) is 12.8 Å². The summed E-state index contributed by atoms with van der Waals surface area (Å²) in [6.45, 7) is 7.74. The van der Waals surface area contributed by atoms with Crippen molar-refractivity contribution in [3.8, 4) is 0 Å². The van der Waals surface area contributed by atoms with Crippen LogP contribution in [0.1, 0.15) is 102 Å². The Labute approximate surface area is 200 Å². The van der Waals surface area contributed by atoms with Crippen molar-refractivity contribution in [2.24, 2.45) is 5.92 Å². The van der Waals surface area contributed by atoms with Crippen LogP contribution in [0.3, 0.4) is 0 Å². The number of halogens is 1. The van der Waals surface area contributed by atoms with Gasteiger partial charge in [-0.1, -0.05) is 78.6 Å². The number of ether oxygens (including phenoxy) is 1. The minimum atomic E-state index is -0.482. The lowest BCUT2D eigenvalue weighted by molar-refractivity contribution is -0.384. The number of benzene rings is 1. The molecule has 7 heteroatoms. The highest BCUT2D eigenvalue weighted by atomic mass is 35.5. The number of unbranched alkanes of at least 4 members (excludes halogenated alkanes) is 6. The third-order valence-corrected chi connectivity index (χ3v) is 5.73. The van der Waals surface area contributed by atoms with E-state index in [9.17, 15) is 14.9 Å². The first kappa shape index (κ1) is 30.3. The molecule has 0 aliphatic heterocycles. The van der Waals surface area contributed by atoms with Gasteiger partial charge in [-0.2, -0.15) is 0 Å². The second-order valence-corrected chi connectivity index (χ2v) is 8.63. The molecule has 1 rings (SSSR count). The normalized spacial score (nSPS) is 12.6. The molecule has 6 nitrogen and oxygen atoms in total. The quantitative estimate of drug-likeness (QED) is 0.107. The van der Waals surface area contributed by atoms with Gasteiger partial charge in [0.1, 0.15) is 6.61 Å². The van der Waals surface area contributed by atoms with Crippen LogP contribution in [0.2, 0.25) is 0 Å². The van der Waals surface area contributed by atoms with Crippen molar-refractivity contribution in [1.82, 2.24) is 5.32 Å². The Morgan fingerprint density at radius 2 is 1.59 bits per heavy atom. The van der Waals surface area contributed by atoms with Crippen LogP contribution in [0.25, 0.3) is 0 Å². The van der Waals surface area contributed by atoms with Crippen LogP contribution in [0.5, 0.6) is 0 Å². The van der Waals surface area contributed by atoms with E-state index in [1.807, 2.05) is 0 Å². The number of nitro benzene ring substituents is 1. The van der Waals surface area contributed by atoms with Crippen molar-refractivity contribution in [2.75, 3.05) is 13.2 Å². The van der Waals surface area contributed by atoms with Crippen LogP contribution in [0.4, 0.5) is 5.69 Å². The van der Waals surface area contributed by atoms with Gasteiger partial charge in [0.2, 0.25) is 0 Å². The van der Waals surface area contributed by atoms with E-state index in [2.05, 4.69) is 26.1 Å². The summed E-state index contributed by atoms with van der Waals surface area (Å²) in [5.74, 6) is 0.253. The smallest absolute Gasteiger partial charge is 0.338 e. The molecular weight excluding hydrogens is 428 g/mol. The SMILES string of the molecule is CCCCCCC(C)CC(CCCCCC)NCCOC(=O)c1ccc([N+](=O)[O-])cc1.Cl. The zero-order chi connectivity index (χ0) is 22.9. The summed E-state index contributed by atoms with van der Waals surface area (Å²) in [5.41, 5.74) is 0.301. The van der Waals surface area contributed by atoms with E-state index in [-0.39, 0.29) is 18.1 Å².